The van der Waals surface area contributed by atoms with E-state index in [1.54, 1.807) is 30.5 Å². The average molecular weight is 919 g/mol. The molecule has 0 unspecified atom stereocenters. The number of hydrogen-bond donors (Lipinski definition) is 0. The minimum Gasteiger partial charge on any atom is -0.811 e. The number of pyridine rings is 1. The van der Waals surface area contributed by atoms with Crippen molar-refractivity contribution >= 4 is 39.3 Å². The Bertz CT molecular complexity index is 2760. The van der Waals surface area contributed by atoms with Gasteiger partial charge in [-0.25, -0.2) is 0 Å². The number of para-hydroxylation sites is 1. The first-order valence-corrected chi connectivity index (χ1v) is 18.4. The topological polar surface area (TPSA) is 48.3 Å². The predicted molar refractivity (Wildman–Crippen MR) is 235 cm³/mol. The first-order chi connectivity index (χ1) is 29.0. The summed E-state index contributed by atoms with van der Waals surface area (Å²) in [7, 11) is 0. The Morgan fingerprint density at radius 2 is 1.50 bits per heavy atom. The molecule has 3 nitrogen and oxygen atoms in total. The van der Waals surface area contributed by atoms with Crippen LogP contribution in [0.15, 0.2) is 138 Å². The monoisotopic (exact) mass is 919 g/mol. The fourth-order valence-electron chi connectivity index (χ4n) is 6.36. The van der Waals surface area contributed by atoms with Gasteiger partial charge in [0.05, 0.1) is 0 Å². The minimum atomic E-state index is -2.34. The molecule has 0 N–H and O–H groups in total. The van der Waals surface area contributed by atoms with E-state index in [-0.39, 0.29) is 25.7 Å². The molecule has 0 spiro atoms. The van der Waals surface area contributed by atoms with Gasteiger partial charge in [-0.1, -0.05) is 140 Å². The number of benzene rings is 5. The maximum Gasteiger partial charge on any atom is 3.00 e. The molecule has 0 aliphatic heterocycles. The van der Waals surface area contributed by atoms with Crippen LogP contribution in [0, 0.1) is 29.8 Å². The second-order valence-corrected chi connectivity index (χ2v) is 15.6. The zero-order valence-corrected chi connectivity index (χ0v) is 35.3. The van der Waals surface area contributed by atoms with Crippen molar-refractivity contribution in [3.05, 3.63) is 179 Å². The van der Waals surface area contributed by atoms with Crippen molar-refractivity contribution in [3.8, 4) is 22.4 Å². The Labute approximate surface area is 357 Å². The maximum atomic E-state index is 9.27. The fraction of sp³-hybridized carbons (Fsp3) is 0.231. The van der Waals surface area contributed by atoms with E-state index in [0.717, 1.165) is 50.4 Å². The van der Waals surface area contributed by atoms with Crippen molar-refractivity contribution in [2.24, 2.45) is 10.8 Å². The van der Waals surface area contributed by atoms with Gasteiger partial charge in [-0.3, -0.25) is 0 Å². The van der Waals surface area contributed by atoms with Gasteiger partial charge in [-0.05, 0) is 69.2 Å². The quantitative estimate of drug-likeness (QED) is 0.0866. The van der Waals surface area contributed by atoms with E-state index in [2.05, 4.69) is 17.1 Å². The van der Waals surface area contributed by atoms with Gasteiger partial charge >= 0.3 is 20.1 Å². The van der Waals surface area contributed by atoms with Crippen LogP contribution in [-0.2, 0) is 32.9 Å². The fourth-order valence-corrected chi connectivity index (χ4v) is 6.36. The van der Waals surface area contributed by atoms with Crippen molar-refractivity contribution in [1.82, 2.24) is 4.98 Å². The average Bonchev–Trinajstić information content (AvgIpc) is 3.62. The first-order valence-electron chi connectivity index (χ1n) is 21.9. The van der Waals surface area contributed by atoms with Crippen LogP contribution in [0.25, 0.3) is 60.9 Å². The van der Waals surface area contributed by atoms with E-state index < -0.39 is 30.4 Å². The standard InChI is InChI=1S/C29H26NO.C23H25N.Ir/c1-19-12-14-21(25-15-13-20(18-30-25)17-29(2,3)4)16-24(19)22-9-7-11-27-28(22)23-8-5-6-10-26(23)31-27;1-18(20-8-6-5-7-9-20)16-22(14-15-24)21-12-10-19(11-13-21)17-23(2,3)4;/h5-13,15-16,18H,17H2,1-4H3;5-8,10-16H,17H2,1-4H3;/q-1;-2;+3/b;18-16+,22-14+;/i1D3,17D2;17D2;. The summed E-state index contributed by atoms with van der Waals surface area (Å²) in [6, 6.07) is 41.7. The van der Waals surface area contributed by atoms with E-state index in [1.807, 2.05) is 146 Å². The molecule has 0 saturated heterocycles. The summed E-state index contributed by atoms with van der Waals surface area (Å²) in [6.07, 6.45) is 3.22. The maximum absolute atomic E-state index is 9.27. The molecule has 7 rings (SSSR count). The Hall–Kier alpha value is -5.15. The molecule has 0 aliphatic carbocycles. The van der Waals surface area contributed by atoms with Gasteiger partial charge in [-0.15, -0.1) is 70.8 Å². The van der Waals surface area contributed by atoms with Crippen LogP contribution >= 0.6 is 0 Å². The number of allylic oxidation sites excluding steroid dienone is 4. The number of hydrogen-bond acceptors (Lipinski definition) is 2. The summed E-state index contributed by atoms with van der Waals surface area (Å²) in [5, 5.41) is 11.0. The number of furan rings is 1. The van der Waals surface area contributed by atoms with Gasteiger partial charge in [0, 0.05) is 26.6 Å². The van der Waals surface area contributed by atoms with Gasteiger partial charge < -0.3 is 14.8 Å². The molecular weight excluding hydrogens is 861 g/mol. The molecule has 0 aliphatic rings. The Morgan fingerprint density at radius 3 is 2.16 bits per heavy atom. The molecule has 56 heavy (non-hydrogen) atoms. The summed E-state index contributed by atoms with van der Waals surface area (Å²) >= 11 is 0. The van der Waals surface area contributed by atoms with Crippen LogP contribution < -0.4 is 0 Å². The number of aryl methyl sites for hydroxylation is 1. The van der Waals surface area contributed by atoms with Crippen LogP contribution in [0.2, 0.25) is 0 Å². The molecule has 4 heteroatoms. The number of fused-ring (bicyclic) bond motifs is 3. The molecule has 0 saturated carbocycles. The third-order valence-corrected chi connectivity index (χ3v) is 8.70. The van der Waals surface area contributed by atoms with Crippen molar-refractivity contribution < 1.29 is 34.1 Å². The largest absolute Gasteiger partial charge is 3.00 e. The van der Waals surface area contributed by atoms with Crippen LogP contribution in [0.3, 0.4) is 0 Å². The second kappa shape index (κ2) is 18.2. The zero-order chi connectivity index (χ0) is 45.3. The molecule has 0 atom stereocenters. The third-order valence-electron chi connectivity index (χ3n) is 8.70. The van der Waals surface area contributed by atoms with E-state index in [0.29, 0.717) is 33.5 Å². The van der Waals surface area contributed by atoms with Gasteiger partial charge in [0.2, 0.25) is 0 Å². The van der Waals surface area contributed by atoms with E-state index in [4.69, 9.17) is 14.0 Å². The molecule has 284 valence electrons. The molecule has 0 amide bonds. The van der Waals surface area contributed by atoms with Crippen molar-refractivity contribution in [3.63, 3.8) is 0 Å². The molecule has 7 aromatic rings. The minimum absolute atomic E-state index is 0. The van der Waals surface area contributed by atoms with Crippen LogP contribution in [0.1, 0.15) is 85.9 Å². The number of nitrogens with zero attached hydrogens (tertiary/aromatic N) is 2. The van der Waals surface area contributed by atoms with Gasteiger partial charge in [-0.2, -0.15) is 6.21 Å². The van der Waals surface area contributed by atoms with E-state index >= 15 is 0 Å². The normalized spacial score (nSPS) is 14.8. The van der Waals surface area contributed by atoms with Crippen molar-refractivity contribution in [1.29, 1.82) is 0 Å². The molecule has 0 radical (unpaired) electrons. The Balaban J connectivity index is 0.000000247. The molecule has 0 bridgehead atoms. The summed E-state index contributed by atoms with van der Waals surface area (Å²) in [5.41, 5.74) is 8.03. The molecule has 5 aromatic carbocycles. The van der Waals surface area contributed by atoms with E-state index in [1.165, 1.54) is 6.07 Å². The number of rotatable bonds is 8. The summed E-state index contributed by atoms with van der Waals surface area (Å²) < 4.78 is 64.3. The second-order valence-electron chi connectivity index (χ2n) is 15.6. The van der Waals surface area contributed by atoms with Gasteiger partial charge in [0.15, 0.2) is 0 Å². The predicted octanol–water partition coefficient (Wildman–Crippen LogP) is 14.2. The molecule has 0 fully saturated rings. The SMILES string of the molecule is [2H]C([2H])([2H])c1c[c-]c(-c2ccc(C([2H])([2H])C(C)(C)C)cn2)cc1-c1cccc2oc3ccccc3c12.[2H]C([2H])(c1ccc(C(/C=C(\C)c2[c-]cccc2)=C/C=[N-])cc1)C(C)(C)C.[Ir+3]. The summed E-state index contributed by atoms with van der Waals surface area (Å²) in [5.74, 6) is 0. The smallest absolute Gasteiger partial charge is 0.811 e. The molecular formula is C52H51IrN2O. The van der Waals surface area contributed by atoms with E-state index in [9.17, 15) is 5.41 Å². The Morgan fingerprint density at radius 1 is 0.804 bits per heavy atom. The number of aromatic nitrogens is 1. The van der Waals surface area contributed by atoms with Crippen molar-refractivity contribution in [2.45, 2.75) is 68.1 Å². The molecule has 2 heterocycles. The summed E-state index contributed by atoms with van der Waals surface area (Å²) in [4.78, 5) is 4.53. The van der Waals surface area contributed by atoms with Crippen LogP contribution in [0.4, 0.5) is 0 Å². The summed E-state index contributed by atoms with van der Waals surface area (Å²) in [6.45, 7) is 10.9. The molecule has 2 aromatic heterocycles. The Kier molecular flexibility index (Phi) is 10.7. The van der Waals surface area contributed by atoms with Crippen LogP contribution in [-0.4, -0.2) is 11.2 Å². The zero-order valence-electron chi connectivity index (χ0n) is 39.9. The van der Waals surface area contributed by atoms with Crippen LogP contribution in [0.5, 0.6) is 0 Å². The van der Waals surface area contributed by atoms with Crippen molar-refractivity contribution in [2.75, 3.05) is 0 Å². The van der Waals surface area contributed by atoms with Gasteiger partial charge in [0.1, 0.15) is 11.2 Å². The first kappa shape index (κ1) is 33.0. The van der Waals surface area contributed by atoms with Gasteiger partial charge in [0.25, 0.3) is 0 Å². The third kappa shape index (κ3) is 10.8.